The Kier molecular flexibility index (Phi) is 11.6. The summed E-state index contributed by atoms with van der Waals surface area (Å²) < 4.78 is 2.18. The maximum Gasteiger partial charge on any atom is 0.173 e. The third-order valence-corrected chi connectivity index (χ3v) is 6.12. The second-order valence-corrected chi connectivity index (χ2v) is 8.73. The summed E-state index contributed by atoms with van der Waals surface area (Å²) in [5.41, 5.74) is 2.60. The third-order valence-electron chi connectivity index (χ3n) is 5.38. The summed E-state index contributed by atoms with van der Waals surface area (Å²) in [6.45, 7) is 3.10. The van der Waals surface area contributed by atoms with Gasteiger partial charge in [-0.25, -0.2) is 4.57 Å². The van der Waals surface area contributed by atoms with E-state index in [0.29, 0.717) is 10.0 Å². The first-order chi connectivity index (χ1) is 13.7. The average molecular weight is 421 g/mol. The molecule has 0 fully saturated rings. The lowest BCUT2D eigenvalue weighted by Crippen LogP contribution is -2.33. The largest absolute Gasteiger partial charge is 0.201 e. The van der Waals surface area contributed by atoms with Gasteiger partial charge in [0.1, 0.15) is 0 Å². The van der Waals surface area contributed by atoms with Crippen LogP contribution in [0.25, 0.3) is 0 Å². The van der Waals surface area contributed by atoms with E-state index >= 15 is 0 Å². The predicted octanol–water partition coefficient (Wildman–Crippen LogP) is 8.18. The molecule has 0 amide bonds. The molecule has 1 aromatic heterocycles. The standard InChI is InChI=1S/C25H36Cl2N/c1-2-3-4-5-6-7-8-9-10-11-12-13-22-16-18-28(19-17-22)21-23-14-15-24(26)25(27)20-23/h14-20H,2-13,21H2,1H3/q+1. The van der Waals surface area contributed by atoms with Crippen molar-refractivity contribution in [3.63, 3.8) is 0 Å². The van der Waals surface area contributed by atoms with E-state index < -0.39 is 0 Å². The number of unbranched alkanes of at least 4 members (excludes halogenated alkanes) is 10. The van der Waals surface area contributed by atoms with Crippen molar-refractivity contribution in [3.8, 4) is 0 Å². The topological polar surface area (TPSA) is 3.88 Å². The van der Waals surface area contributed by atoms with Crippen LogP contribution in [-0.2, 0) is 13.0 Å². The van der Waals surface area contributed by atoms with Gasteiger partial charge in [0.05, 0.1) is 10.0 Å². The molecule has 28 heavy (non-hydrogen) atoms. The minimum Gasteiger partial charge on any atom is -0.201 e. The Morgan fingerprint density at radius 3 is 1.79 bits per heavy atom. The van der Waals surface area contributed by atoms with Gasteiger partial charge in [0, 0.05) is 17.7 Å². The first-order valence-electron chi connectivity index (χ1n) is 11.1. The molecule has 0 unspecified atom stereocenters. The van der Waals surface area contributed by atoms with Crippen LogP contribution in [0.15, 0.2) is 42.7 Å². The van der Waals surface area contributed by atoms with E-state index in [1.807, 2.05) is 18.2 Å². The third kappa shape index (κ3) is 9.43. The number of aryl methyl sites for hydroxylation is 1. The van der Waals surface area contributed by atoms with Crippen molar-refractivity contribution >= 4 is 23.2 Å². The fraction of sp³-hybridized carbons (Fsp3) is 0.560. The summed E-state index contributed by atoms with van der Waals surface area (Å²) in [7, 11) is 0. The fourth-order valence-corrected chi connectivity index (χ4v) is 3.92. The van der Waals surface area contributed by atoms with Gasteiger partial charge in [-0.1, -0.05) is 100 Å². The summed E-state index contributed by atoms with van der Waals surface area (Å²) in [5.74, 6) is 0. The smallest absolute Gasteiger partial charge is 0.173 e. The molecule has 1 heterocycles. The molecule has 1 aromatic carbocycles. The first-order valence-corrected chi connectivity index (χ1v) is 11.9. The van der Waals surface area contributed by atoms with Crippen LogP contribution >= 0.6 is 23.2 Å². The highest BCUT2D eigenvalue weighted by Crippen LogP contribution is 2.22. The van der Waals surface area contributed by atoms with Crippen LogP contribution in [0.3, 0.4) is 0 Å². The molecule has 3 heteroatoms. The van der Waals surface area contributed by atoms with E-state index in [0.717, 1.165) is 12.1 Å². The van der Waals surface area contributed by atoms with Gasteiger partial charge in [0.25, 0.3) is 0 Å². The van der Waals surface area contributed by atoms with Crippen LogP contribution in [0.5, 0.6) is 0 Å². The molecule has 0 bridgehead atoms. The molecule has 0 radical (unpaired) electrons. The molecular formula is C25H36Cl2N+. The van der Waals surface area contributed by atoms with Gasteiger partial charge in [0.2, 0.25) is 0 Å². The number of aromatic nitrogens is 1. The molecule has 2 aromatic rings. The SMILES string of the molecule is CCCCCCCCCCCCCc1cc[n+](Cc2ccc(Cl)c(Cl)c2)cc1. The van der Waals surface area contributed by atoms with E-state index in [1.165, 1.54) is 82.6 Å². The van der Waals surface area contributed by atoms with Crippen LogP contribution < -0.4 is 4.57 Å². The molecule has 0 saturated heterocycles. The summed E-state index contributed by atoms with van der Waals surface area (Å²) in [6, 6.07) is 10.3. The van der Waals surface area contributed by atoms with Crippen molar-refractivity contribution in [1.82, 2.24) is 0 Å². The summed E-state index contributed by atoms with van der Waals surface area (Å²) in [5, 5.41) is 1.23. The van der Waals surface area contributed by atoms with Gasteiger partial charge in [0.15, 0.2) is 18.9 Å². The number of pyridine rings is 1. The van der Waals surface area contributed by atoms with Gasteiger partial charge in [-0.2, -0.15) is 0 Å². The first kappa shape index (κ1) is 23.2. The molecule has 0 spiro atoms. The van der Waals surface area contributed by atoms with Crippen LogP contribution in [0.2, 0.25) is 10.0 Å². The normalized spacial score (nSPS) is 11.1. The van der Waals surface area contributed by atoms with Crippen molar-refractivity contribution in [2.24, 2.45) is 0 Å². The zero-order chi connectivity index (χ0) is 20.0. The zero-order valence-corrected chi connectivity index (χ0v) is 18.9. The maximum absolute atomic E-state index is 6.10. The minimum atomic E-state index is 0.609. The Morgan fingerprint density at radius 1 is 0.643 bits per heavy atom. The highest BCUT2D eigenvalue weighted by atomic mass is 35.5. The number of hydrogen-bond donors (Lipinski definition) is 0. The molecular weight excluding hydrogens is 385 g/mol. The average Bonchev–Trinajstić information content (AvgIpc) is 2.70. The minimum absolute atomic E-state index is 0.609. The number of nitrogens with zero attached hydrogens (tertiary/aromatic N) is 1. The number of halogens is 2. The maximum atomic E-state index is 6.10. The second-order valence-electron chi connectivity index (χ2n) is 7.91. The van der Waals surface area contributed by atoms with Crippen molar-refractivity contribution in [1.29, 1.82) is 0 Å². The van der Waals surface area contributed by atoms with E-state index in [1.54, 1.807) is 0 Å². The zero-order valence-electron chi connectivity index (χ0n) is 17.4. The Bertz CT molecular complexity index is 667. The highest BCUT2D eigenvalue weighted by molar-refractivity contribution is 6.42. The number of benzene rings is 1. The Balaban J connectivity index is 1.56. The quantitative estimate of drug-likeness (QED) is 0.214. The van der Waals surface area contributed by atoms with Gasteiger partial charge in [-0.05, 0) is 30.5 Å². The molecule has 0 aliphatic rings. The molecule has 0 aliphatic carbocycles. The predicted molar refractivity (Wildman–Crippen MR) is 122 cm³/mol. The molecule has 1 nitrogen and oxygen atoms in total. The molecule has 0 saturated carbocycles. The van der Waals surface area contributed by atoms with Crippen LogP contribution in [0.4, 0.5) is 0 Å². The van der Waals surface area contributed by atoms with Crippen molar-refractivity contribution in [2.45, 2.75) is 90.5 Å². The Labute approximate surface area is 182 Å². The van der Waals surface area contributed by atoms with E-state index in [2.05, 4.69) is 36.0 Å². The molecule has 154 valence electrons. The number of rotatable bonds is 14. The summed E-state index contributed by atoms with van der Waals surface area (Å²) in [4.78, 5) is 0. The summed E-state index contributed by atoms with van der Waals surface area (Å²) in [6.07, 6.45) is 20.9. The lowest BCUT2D eigenvalue weighted by molar-refractivity contribution is -0.688. The number of hydrogen-bond acceptors (Lipinski definition) is 0. The molecule has 0 atom stereocenters. The van der Waals surface area contributed by atoms with Gasteiger partial charge in [-0.15, -0.1) is 0 Å². The fourth-order valence-electron chi connectivity index (χ4n) is 3.60. The molecule has 2 rings (SSSR count). The Hall–Kier alpha value is -1.05. The lowest BCUT2D eigenvalue weighted by Gasteiger charge is -2.04. The van der Waals surface area contributed by atoms with Crippen LogP contribution in [-0.4, -0.2) is 0 Å². The second kappa shape index (κ2) is 14.0. The highest BCUT2D eigenvalue weighted by Gasteiger charge is 2.06. The molecule has 0 N–H and O–H groups in total. The van der Waals surface area contributed by atoms with Gasteiger partial charge in [-0.3, -0.25) is 0 Å². The van der Waals surface area contributed by atoms with Crippen molar-refractivity contribution < 1.29 is 4.57 Å². The van der Waals surface area contributed by atoms with Crippen molar-refractivity contribution in [2.75, 3.05) is 0 Å². The monoisotopic (exact) mass is 420 g/mol. The lowest BCUT2D eigenvalue weighted by atomic mass is 10.0. The van der Waals surface area contributed by atoms with Gasteiger partial charge >= 0.3 is 0 Å². The van der Waals surface area contributed by atoms with Crippen LogP contribution in [0, 0.1) is 0 Å². The summed E-state index contributed by atoms with van der Waals surface area (Å²) >= 11 is 12.1. The molecule has 0 aliphatic heterocycles. The van der Waals surface area contributed by atoms with Crippen LogP contribution in [0.1, 0.15) is 88.7 Å². The Morgan fingerprint density at radius 2 is 1.21 bits per heavy atom. The van der Waals surface area contributed by atoms with Gasteiger partial charge < -0.3 is 0 Å². The van der Waals surface area contributed by atoms with E-state index in [4.69, 9.17) is 23.2 Å². The van der Waals surface area contributed by atoms with Crippen molar-refractivity contribution in [3.05, 3.63) is 63.9 Å². The van der Waals surface area contributed by atoms with E-state index in [-0.39, 0.29) is 0 Å². The van der Waals surface area contributed by atoms with E-state index in [9.17, 15) is 0 Å².